The summed E-state index contributed by atoms with van der Waals surface area (Å²) < 4.78 is 53.2. The van der Waals surface area contributed by atoms with Crippen molar-refractivity contribution in [3.8, 4) is 0 Å². The van der Waals surface area contributed by atoms with Gasteiger partial charge in [-0.25, -0.2) is 17.2 Å². The van der Waals surface area contributed by atoms with Crippen molar-refractivity contribution >= 4 is 27.5 Å². The van der Waals surface area contributed by atoms with Gasteiger partial charge in [-0.15, -0.1) is 0 Å². The highest BCUT2D eigenvalue weighted by atomic mass is 32.2. The predicted molar refractivity (Wildman–Crippen MR) is 135 cm³/mol. The molecule has 1 unspecified atom stereocenters. The van der Waals surface area contributed by atoms with E-state index in [0.717, 1.165) is 65.6 Å². The van der Waals surface area contributed by atoms with Crippen molar-refractivity contribution in [2.24, 2.45) is 0 Å². The van der Waals surface area contributed by atoms with Crippen LogP contribution in [0.4, 0.5) is 14.5 Å². The smallest absolute Gasteiger partial charge is 0.244 e. The number of rotatable bonds is 10. The van der Waals surface area contributed by atoms with E-state index in [1.165, 1.54) is 4.90 Å². The maximum absolute atomic E-state index is 13.9. The number of hydrogen-bond donors (Lipinski definition) is 1. The minimum atomic E-state index is -4.03. The number of aryl methyl sites for hydroxylation is 1. The number of amides is 2. The molecule has 10 heteroatoms. The van der Waals surface area contributed by atoms with Crippen molar-refractivity contribution in [1.82, 2.24) is 10.2 Å². The standard InChI is InChI=1S/C26H33F2N3O4S/c1-4-24(26(33)29-20-7-5-6-8-20)30(16-19-11-9-18(2)10-12-19)25(32)17-31(36(3,34)35)21-13-14-22(27)23(28)15-21/h9-15,20,24H,4-8,16-17H2,1-3H3,(H,29,33). The summed E-state index contributed by atoms with van der Waals surface area (Å²) in [7, 11) is -4.03. The van der Waals surface area contributed by atoms with Gasteiger partial charge in [-0.2, -0.15) is 0 Å². The molecule has 2 amide bonds. The number of hydrogen-bond acceptors (Lipinski definition) is 4. The fourth-order valence-corrected chi connectivity index (χ4v) is 5.27. The number of nitrogens with one attached hydrogen (secondary N) is 1. The van der Waals surface area contributed by atoms with E-state index >= 15 is 0 Å². The Balaban J connectivity index is 1.92. The van der Waals surface area contributed by atoms with Crippen molar-refractivity contribution in [3.05, 3.63) is 65.2 Å². The van der Waals surface area contributed by atoms with Crippen LogP contribution in [-0.4, -0.2) is 50.0 Å². The average Bonchev–Trinajstić information content (AvgIpc) is 3.32. The normalized spacial score (nSPS) is 14.9. The van der Waals surface area contributed by atoms with Crippen LogP contribution in [0.5, 0.6) is 0 Å². The monoisotopic (exact) mass is 521 g/mol. The molecular weight excluding hydrogens is 488 g/mol. The highest BCUT2D eigenvalue weighted by molar-refractivity contribution is 7.92. The molecule has 2 aromatic rings. The molecule has 0 radical (unpaired) electrons. The number of halogens is 2. The van der Waals surface area contributed by atoms with E-state index < -0.39 is 40.2 Å². The molecule has 1 saturated carbocycles. The summed E-state index contributed by atoms with van der Waals surface area (Å²) in [6, 6.07) is 9.34. The van der Waals surface area contributed by atoms with Crippen molar-refractivity contribution in [2.75, 3.05) is 17.1 Å². The fraction of sp³-hybridized carbons (Fsp3) is 0.462. The lowest BCUT2D eigenvalue weighted by Gasteiger charge is -2.33. The van der Waals surface area contributed by atoms with E-state index in [-0.39, 0.29) is 24.2 Å². The summed E-state index contributed by atoms with van der Waals surface area (Å²) in [5.41, 5.74) is 1.63. The van der Waals surface area contributed by atoms with Crippen LogP contribution in [0, 0.1) is 18.6 Å². The molecule has 2 aromatic carbocycles. The molecule has 1 N–H and O–H groups in total. The lowest BCUT2D eigenvalue weighted by molar-refractivity contribution is -0.140. The van der Waals surface area contributed by atoms with Crippen LogP contribution in [0.3, 0.4) is 0 Å². The Kier molecular flexibility index (Phi) is 9.05. The van der Waals surface area contributed by atoms with Gasteiger partial charge in [0.2, 0.25) is 21.8 Å². The van der Waals surface area contributed by atoms with Crippen molar-refractivity contribution < 1.29 is 26.8 Å². The maximum atomic E-state index is 13.9. The van der Waals surface area contributed by atoms with Crippen LogP contribution in [0.15, 0.2) is 42.5 Å². The van der Waals surface area contributed by atoms with E-state index in [1.54, 1.807) is 6.92 Å². The largest absolute Gasteiger partial charge is 0.352 e. The molecule has 0 aromatic heterocycles. The zero-order valence-electron chi connectivity index (χ0n) is 20.8. The Bertz CT molecular complexity index is 1180. The Morgan fingerprint density at radius 2 is 1.69 bits per heavy atom. The van der Waals surface area contributed by atoms with E-state index in [1.807, 2.05) is 31.2 Å². The fourth-order valence-electron chi connectivity index (χ4n) is 4.43. The zero-order valence-corrected chi connectivity index (χ0v) is 21.7. The minimum Gasteiger partial charge on any atom is -0.352 e. The summed E-state index contributed by atoms with van der Waals surface area (Å²) in [4.78, 5) is 28.2. The van der Waals surface area contributed by atoms with Gasteiger partial charge in [-0.05, 0) is 43.9 Å². The first kappa shape index (κ1) is 27.6. The summed E-state index contributed by atoms with van der Waals surface area (Å²) in [6.07, 6.45) is 5.03. The average molecular weight is 522 g/mol. The van der Waals surface area contributed by atoms with E-state index in [9.17, 15) is 26.8 Å². The zero-order chi connectivity index (χ0) is 26.5. The predicted octanol–water partition coefficient (Wildman–Crippen LogP) is 3.91. The molecule has 0 heterocycles. The minimum absolute atomic E-state index is 0.0533. The van der Waals surface area contributed by atoms with E-state index in [2.05, 4.69) is 5.32 Å². The van der Waals surface area contributed by atoms with E-state index in [4.69, 9.17) is 0 Å². The number of sulfonamides is 1. The van der Waals surface area contributed by atoms with Crippen LogP contribution in [0.1, 0.15) is 50.2 Å². The number of benzene rings is 2. The number of carbonyl (C=O) groups is 2. The topological polar surface area (TPSA) is 86.8 Å². The summed E-state index contributed by atoms with van der Waals surface area (Å²) in [5.74, 6) is -3.27. The second kappa shape index (κ2) is 11.8. The molecule has 0 saturated heterocycles. The van der Waals surface area contributed by atoms with Crippen molar-refractivity contribution in [3.63, 3.8) is 0 Å². The van der Waals surface area contributed by atoms with Gasteiger partial charge in [0.1, 0.15) is 12.6 Å². The first-order chi connectivity index (χ1) is 17.0. The number of nitrogens with zero attached hydrogens (tertiary/aromatic N) is 2. The lowest BCUT2D eigenvalue weighted by atomic mass is 10.1. The van der Waals surface area contributed by atoms with Crippen LogP contribution in [0.2, 0.25) is 0 Å². The summed E-state index contributed by atoms with van der Waals surface area (Å²) in [5, 5.41) is 3.03. The van der Waals surface area contributed by atoms with Crippen LogP contribution < -0.4 is 9.62 Å². The lowest BCUT2D eigenvalue weighted by Crippen LogP contribution is -2.53. The van der Waals surface area contributed by atoms with Gasteiger partial charge >= 0.3 is 0 Å². The van der Waals surface area contributed by atoms with Gasteiger partial charge in [0.15, 0.2) is 11.6 Å². The van der Waals surface area contributed by atoms with Gasteiger partial charge in [0.25, 0.3) is 0 Å². The summed E-state index contributed by atoms with van der Waals surface area (Å²) >= 11 is 0. The number of carbonyl (C=O) groups excluding carboxylic acids is 2. The van der Waals surface area contributed by atoms with Crippen LogP contribution >= 0.6 is 0 Å². The van der Waals surface area contributed by atoms with E-state index in [0.29, 0.717) is 6.42 Å². The molecular formula is C26H33F2N3O4S. The Morgan fingerprint density at radius 1 is 1.06 bits per heavy atom. The first-order valence-electron chi connectivity index (χ1n) is 12.1. The van der Waals surface area contributed by atoms with Crippen LogP contribution in [0.25, 0.3) is 0 Å². The molecule has 0 spiro atoms. The second-order valence-electron chi connectivity index (χ2n) is 9.29. The Hall–Kier alpha value is -3.01. The van der Waals surface area contributed by atoms with Crippen molar-refractivity contribution in [2.45, 2.75) is 64.6 Å². The third-order valence-corrected chi connectivity index (χ3v) is 7.57. The highest BCUT2D eigenvalue weighted by Crippen LogP contribution is 2.23. The summed E-state index contributed by atoms with van der Waals surface area (Å²) in [6.45, 7) is 3.15. The first-order valence-corrected chi connectivity index (χ1v) is 13.9. The SMILES string of the molecule is CCC(C(=O)NC1CCCC1)N(Cc1ccc(C)cc1)C(=O)CN(c1ccc(F)c(F)c1)S(C)(=O)=O. The van der Waals surface area contributed by atoms with Crippen LogP contribution in [-0.2, 0) is 26.2 Å². The molecule has 196 valence electrons. The highest BCUT2D eigenvalue weighted by Gasteiger charge is 2.33. The number of anilines is 1. The molecule has 0 aliphatic heterocycles. The maximum Gasteiger partial charge on any atom is 0.244 e. The van der Waals surface area contributed by atoms with Crippen molar-refractivity contribution in [1.29, 1.82) is 0 Å². The van der Waals surface area contributed by atoms with Gasteiger partial charge in [-0.3, -0.25) is 13.9 Å². The van der Waals surface area contributed by atoms with Gasteiger partial charge in [0.05, 0.1) is 11.9 Å². The molecule has 1 aliphatic rings. The Labute approximate surface area is 211 Å². The van der Waals surface area contributed by atoms with Gasteiger partial charge < -0.3 is 10.2 Å². The molecule has 3 rings (SSSR count). The molecule has 1 aliphatic carbocycles. The van der Waals surface area contributed by atoms with Gasteiger partial charge in [-0.1, -0.05) is 49.6 Å². The second-order valence-corrected chi connectivity index (χ2v) is 11.2. The molecule has 36 heavy (non-hydrogen) atoms. The third kappa shape index (κ3) is 7.02. The Morgan fingerprint density at radius 3 is 2.25 bits per heavy atom. The molecule has 0 bridgehead atoms. The van der Waals surface area contributed by atoms with Gasteiger partial charge in [0, 0.05) is 18.7 Å². The molecule has 7 nitrogen and oxygen atoms in total. The quantitative estimate of drug-likeness (QED) is 0.514. The molecule has 1 fully saturated rings. The third-order valence-electron chi connectivity index (χ3n) is 6.43. The molecule has 1 atom stereocenters.